The van der Waals surface area contributed by atoms with E-state index in [1.165, 1.54) is 7.11 Å². The summed E-state index contributed by atoms with van der Waals surface area (Å²) >= 11 is 7.16. The second-order valence-electron chi connectivity index (χ2n) is 22.0. The number of halogens is 1. The van der Waals surface area contributed by atoms with Gasteiger partial charge in [0.05, 0.1) is 73.8 Å². The zero-order valence-corrected chi connectivity index (χ0v) is 43.6. The molecule has 7 rings (SSSR count). The largest absolute Gasteiger partial charge is 0.467 e. The molecule has 0 aromatic carbocycles. The summed E-state index contributed by atoms with van der Waals surface area (Å²) in [5.74, 6) is -4.91. The Morgan fingerprint density at radius 2 is 1.44 bits per heavy atom. The number of methoxy groups -OCH3 is 3. The highest BCUT2D eigenvalue weighted by Gasteiger charge is 2.61. The second-order valence-corrected chi connectivity index (χ2v) is 22.5. The first-order chi connectivity index (χ1) is 33.9. The molecule has 0 unspecified atom stereocenters. The molecule has 21 atom stereocenters. The van der Waals surface area contributed by atoms with Gasteiger partial charge in [0.25, 0.3) is 0 Å². The van der Waals surface area contributed by atoms with Crippen molar-refractivity contribution < 1.29 is 82.5 Å². The van der Waals surface area contributed by atoms with Crippen molar-refractivity contribution in [1.82, 2.24) is 0 Å². The summed E-state index contributed by atoms with van der Waals surface area (Å²) in [5.41, 5.74) is 0. The molecule has 0 radical (unpaired) electrons. The van der Waals surface area contributed by atoms with E-state index in [0.29, 0.717) is 83.5 Å². The average Bonchev–Trinajstić information content (AvgIpc) is 3.68. The summed E-state index contributed by atoms with van der Waals surface area (Å²) in [6.07, 6.45) is 6.36. The lowest BCUT2D eigenvalue weighted by molar-refractivity contribution is -0.413. The minimum atomic E-state index is -1.31. The number of fused-ring (bicyclic) bond motifs is 6. The third kappa shape index (κ3) is 14.2. The Hall–Kier alpha value is -1.81. The quantitative estimate of drug-likeness (QED) is 0.104. The lowest BCUT2D eigenvalue weighted by Gasteiger charge is -2.54. The maximum atomic E-state index is 13.9. The number of carbonyl (C=O) groups is 2. The molecule has 9 bridgehead atoms. The first-order valence-electron chi connectivity index (χ1n) is 26.6. The fourth-order valence-corrected chi connectivity index (χ4v) is 12.7. The van der Waals surface area contributed by atoms with Crippen LogP contribution in [0.15, 0.2) is 24.3 Å². The van der Waals surface area contributed by atoms with Crippen molar-refractivity contribution in [1.29, 1.82) is 0 Å². The van der Waals surface area contributed by atoms with Crippen LogP contribution in [0.5, 0.6) is 0 Å². The minimum absolute atomic E-state index is 0.0259. The summed E-state index contributed by atoms with van der Waals surface area (Å²) in [4.78, 5) is 25.6. The van der Waals surface area contributed by atoms with Crippen molar-refractivity contribution in [3.63, 3.8) is 0 Å². The Bertz CT molecular complexity index is 1770. The van der Waals surface area contributed by atoms with E-state index in [2.05, 4.69) is 18.6 Å². The number of aliphatic hydroxyl groups excluding tert-OH is 5. The molecule has 7 aliphatic heterocycles. The van der Waals surface area contributed by atoms with Gasteiger partial charge in [-0.1, -0.05) is 45.1 Å². The minimum Gasteiger partial charge on any atom is -0.467 e. The summed E-state index contributed by atoms with van der Waals surface area (Å²) in [6.45, 7) is 6.04. The van der Waals surface area contributed by atoms with E-state index >= 15 is 0 Å². The first kappa shape index (κ1) is 56.9. The molecule has 5 N–H and O–H groups in total. The molecule has 7 saturated heterocycles. The summed E-state index contributed by atoms with van der Waals surface area (Å²) < 4.78 is 63.8. The number of hydrogen-bond donors (Lipinski definition) is 5. The van der Waals surface area contributed by atoms with Crippen molar-refractivity contribution in [2.75, 3.05) is 21.3 Å². The van der Waals surface area contributed by atoms with Crippen molar-refractivity contribution >= 4 is 23.5 Å². The van der Waals surface area contributed by atoms with Crippen LogP contribution in [0.25, 0.3) is 0 Å². The molecular formula is C53H85ClO17. The molecule has 17 nitrogen and oxygen atoms in total. The van der Waals surface area contributed by atoms with Gasteiger partial charge in [-0.2, -0.15) is 0 Å². The van der Waals surface area contributed by atoms with Gasteiger partial charge in [0, 0.05) is 58.7 Å². The molecule has 7 heterocycles. The van der Waals surface area contributed by atoms with Crippen LogP contribution in [0.2, 0.25) is 0 Å². The predicted molar refractivity (Wildman–Crippen MR) is 259 cm³/mol. The fourth-order valence-electron chi connectivity index (χ4n) is 12.3. The number of ether oxygens (including phenoxy) is 10. The van der Waals surface area contributed by atoms with Crippen molar-refractivity contribution in [2.24, 2.45) is 17.8 Å². The molecule has 0 aliphatic carbocycles. The SMILES string of the molecule is COC(=O)[C@H](O)C/C=C\C/C=C/C[C@@H]1O[C@@]23C[C@@H]1OC(=O)C[C@H]1CCC[C@@H](C[C@@H](O)C[C@H](O)C[C@H]4O[C@@]5(CC[C@H](OC)[C@H](O5)[C@@H](O)[C@@H](O)[C@@H](C)CC[C@H]5O[C@@](CC[C@@H]2C)(C[C@@H](OC)[C@@H]5Cl)O3)CC[C@@H]4C)O1. The normalized spacial score (nSPS) is 45.9. The third-order valence-corrected chi connectivity index (χ3v) is 17.3. The van der Waals surface area contributed by atoms with Gasteiger partial charge in [0.15, 0.2) is 23.5 Å². The van der Waals surface area contributed by atoms with Gasteiger partial charge in [-0.3, -0.25) is 4.79 Å². The summed E-state index contributed by atoms with van der Waals surface area (Å²) in [5, 5.41) is 55.8. The number of rotatable bonds is 9. The van der Waals surface area contributed by atoms with Gasteiger partial charge in [-0.25, -0.2) is 4.79 Å². The van der Waals surface area contributed by atoms with Crippen LogP contribution in [0.1, 0.15) is 149 Å². The third-order valence-electron chi connectivity index (χ3n) is 16.7. The molecule has 0 aromatic heterocycles. The Kier molecular flexibility index (Phi) is 20.3. The molecule has 7 fully saturated rings. The van der Waals surface area contributed by atoms with Crippen molar-refractivity contribution in [2.45, 2.75) is 257 Å². The second kappa shape index (κ2) is 25.4. The Balaban J connectivity index is 1.13. The van der Waals surface area contributed by atoms with Crippen LogP contribution < -0.4 is 0 Å². The molecule has 0 amide bonds. The van der Waals surface area contributed by atoms with Crippen LogP contribution in [0.4, 0.5) is 0 Å². The van der Waals surface area contributed by atoms with Crippen molar-refractivity contribution in [3.05, 3.63) is 24.3 Å². The molecule has 18 heteroatoms. The van der Waals surface area contributed by atoms with Gasteiger partial charge in [-0.05, 0) is 95.3 Å². The molecule has 0 saturated carbocycles. The van der Waals surface area contributed by atoms with Crippen LogP contribution in [-0.4, -0.2) is 167 Å². The summed E-state index contributed by atoms with van der Waals surface area (Å²) in [6, 6.07) is 0. The Morgan fingerprint density at radius 3 is 2.20 bits per heavy atom. The molecule has 71 heavy (non-hydrogen) atoms. The smallest absolute Gasteiger partial charge is 0.335 e. The molecule has 406 valence electrons. The number of carbonyl (C=O) groups excluding carboxylic acids is 2. The zero-order valence-electron chi connectivity index (χ0n) is 42.9. The number of hydrogen-bond acceptors (Lipinski definition) is 17. The van der Waals surface area contributed by atoms with E-state index in [9.17, 15) is 35.1 Å². The van der Waals surface area contributed by atoms with E-state index in [1.807, 2.05) is 25.2 Å². The first-order valence-corrected chi connectivity index (χ1v) is 27.1. The molecule has 3 spiro atoms. The lowest BCUT2D eigenvalue weighted by atomic mass is 9.81. The van der Waals surface area contributed by atoms with Crippen LogP contribution in [0.3, 0.4) is 0 Å². The number of alkyl halides is 1. The van der Waals surface area contributed by atoms with E-state index in [4.69, 9.17) is 54.2 Å². The molecule has 7 aliphatic rings. The van der Waals surface area contributed by atoms with E-state index < -0.39 is 114 Å². The highest BCUT2D eigenvalue weighted by molar-refractivity contribution is 6.21. The molecule has 0 aromatic rings. The average molecular weight is 1030 g/mol. The van der Waals surface area contributed by atoms with E-state index in [1.54, 1.807) is 20.3 Å². The topological polar surface area (TPSA) is 228 Å². The highest BCUT2D eigenvalue weighted by atomic mass is 35.5. The fraction of sp³-hybridized carbons (Fsp3) is 0.887. The van der Waals surface area contributed by atoms with Gasteiger partial charge < -0.3 is 72.9 Å². The van der Waals surface area contributed by atoms with Crippen LogP contribution in [0, 0.1) is 17.8 Å². The molecular weight excluding hydrogens is 944 g/mol. The maximum Gasteiger partial charge on any atom is 0.335 e. The van der Waals surface area contributed by atoms with Gasteiger partial charge in [-0.15, -0.1) is 11.6 Å². The van der Waals surface area contributed by atoms with Gasteiger partial charge in [0.1, 0.15) is 24.4 Å². The van der Waals surface area contributed by atoms with Crippen LogP contribution in [-0.2, 0) is 57.0 Å². The van der Waals surface area contributed by atoms with Crippen LogP contribution >= 0.6 is 11.6 Å². The van der Waals surface area contributed by atoms with Gasteiger partial charge in [0.2, 0.25) is 0 Å². The van der Waals surface area contributed by atoms with Gasteiger partial charge >= 0.3 is 11.9 Å². The van der Waals surface area contributed by atoms with E-state index in [0.717, 1.165) is 12.8 Å². The Morgan fingerprint density at radius 1 is 0.732 bits per heavy atom. The van der Waals surface area contributed by atoms with E-state index in [-0.39, 0.29) is 56.1 Å². The monoisotopic (exact) mass is 1030 g/mol. The predicted octanol–water partition coefficient (Wildman–Crippen LogP) is 5.83. The highest BCUT2D eigenvalue weighted by Crippen LogP contribution is 2.53. The zero-order chi connectivity index (χ0) is 51.1. The Labute approximate surface area is 425 Å². The lowest BCUT2D eigenvalue weighted by Crippen LogP contribution is -2.61. The number of allylic oxidation sites excluding steroid dienone is 2. The number of esters is 2. The standard InChI is InChI=1S/C53H85ClO17/c1-31-19-22-51-24-21-41(62-4)49(70-51)48(60)47(59)32(2)17-18-40-46(54)44(63-5)29-52(67-40)23-20-33(3)53(71-52)30-43(39(69-53)16-11-9-7-8-10-15-38(57)50(61)64-6)66-45(58)28-37-14-12-13-36(65-37)26-34(55)25-35(56)27-42(31)68-51/h8-11,31-44,46-49,55-57,59-60H,7,12-30H2,1-6H3/b10-8-,11-9+/t31-,32-,33-,34-,35-,36-,37+,38+,39-,40+,41-,42+,43-,44+,46+,47-,48-,49-,51-,52+,53+/m0/s1. The summed E-state index contributed by atoms with van der Waals surface area (Å²) in [7, 11) is 4.43. The number of aliphatic hydroxyl groups is 5. The maximum absolute atomic E-state index is 13.9. The van der Waals surface area contributed by atoms with Crippen molar-refractivity contribution in [3.8, 4) is 0 Å².